The predicted octanol–water partition coefficient (Wildman–Crippen LogP) is 5.54. The van der Waals surface area contributed by atoms with Crippen LogP contribution in [0.2, 0.25) is 0 Å². The molecule has 0 unspecified atom stereocenters. The van der Waals surface area contributed by atoms with E-state index in [9.17, 15) is 4.79 Å². The van der Waals surface area contributed by atoms with E-state index in [2.05, 4.69) is 9.98 Å². The van der Waals surface area contributed by atoms with E-state index in [1.807, 2.05) is 80.6 Å². The second-order valence-electron chi connectivity index (χ2n) is 7.54. The Morgan fingerprint density at radius 3 is 2.58 bits per heavy atom. The minimum absolute atomic E-state index is 0. The minimum Gasteiger partial charge on any atom is -0.465 e. The number of H-pyrrole nitrogens is 1. The Balaban J connectivity index is 0.00000306. The maximum atomic E-state index is 12.3. The lowest BCUT2D eigenvalue weighted by atomic mass is 10.1. The highest BCUT2D eigenvalue weighted by atomic mass is 35.5. The number of nitrogens with one attached hydrogen (secondary N) is 1. The summed E-state index contributed by atoms with van der Waals surface area (Å²) in [5.41, 5.74) is 10.0. The van der Waals surface area contributed by atoms with Crippen molar-refractivity contribution >= 4 is 58.2 Å². The van der Waals surface area contributed by atoms with Gasteiger partial charge in [-0.2, -0.15) is 0 Å². The van der Waals surface area contributed by atoms with Crippen LogP contribution in [-0.4, -0.2) is 34.9 Å². The van der Waals surface area contributed by atoms with Gasteiger partial charge in [-0.05, 0) is 55.8 Å². The summed E-state index contributed by atoms with van der Waals surface area (Å²) >= 11 is 1.54. The molecule has 3 N–H and O–H groups in total. The Morgan fingerprint density at radius 2 is 1.88 bits per heavy atom. The molecule has 0 amide bonds. The van der Waals surface area contributed by atoms with Gasteiger partial charge in [-0.15, -0.1) is 23.7 Å². The molecule has 0 saturated carbocycles. The summed E-state index contributed by atoms with van der Waals surface area (Å²) < 4.78 is 4.98. The first-order valence-corrected chi connectivity index (χ1v) is 11.1. The quantitative estimate of drug-likeness (QED) is 0.164. The number of imidazole rings is 1. The lowest BCUT2D eigenvalue weighted by Gasteiger charge is -2.05. The number of carbonyl (C=O) groups excluding carboxylic acids is 1. The number of fused-ring (bicyclic) bond motifs is 1. The number of thiophene rings is 1. The number of aromatic nitrogens is 2. The second kappa shape index (κ2) is 10.5. The van der Waals surface area contributed by atoms with Crippen LogP contribution < -0.4 is 5.73 Å². The van der Waals surface area contributed by atoms with Gasteiger partial charge >= 0.3 is 5.97 Å². The number of nitrogens with two attached hydrogens (primary N) is 1. The fraction of sp³-hybridized carbons (Fsp3) is 0.160. The maximum Gasteiger partial charge on any atom is 0.338 e. The number of hydrogen-bond donors (Lipinski definition) is 2. The molecule has 0 saturated heterocycles. The molecule has 170 valence electrons. The highest BCUT2D eigenvalue weighted by Crippen LogP contribution is 2.31. The largest absolute Gasteiger partial charge is 0.465 e. The fourth-order valence-corrected chi connectivity index (χ4v) is 4.22. The lowest BCUT2D eigenvalue weighted by Crippen LogP contribution is -2.15. The molecule has 0 atom stereocenters. The van der Waals surface area contributed by atoms with Crippen molar-refractivity contribution in [2.75, 3.05) is 7.11 Å². The predicted molar refractivity (Wildman–Crippen MR) is 139 cm³/mol. The van der Waals surface area contributed by atoms with E-state index in [-0.39, 0.29) is 24.4 Å². The van der Waals surface area contributed by atoms with Crippen LogP contribution >= 0.6 is 23.7 Å². The fourth-order valence-electron chi connectivity index (χ4n) is 3.33. The Hall–Kier alpha value is -3.42. The number of benzene rings is 2. The number of nitrogens with zero attached hydrogens (tertiary/aromatic N) is 2. The number of amidine groups is 1. The highest BCUT2D eigenvalue weighted by molar-refractivity contribution is 7.16. The highest BCUT2D eigenvalue weighted by Gasteiger charge is 2.14. The molecule has 2 aromatic heterocycles. The van der Waals surface area contributed by atoms with Crippen LogP contribution in [0.5, 0.6) is 0 Å². The molecule has 0 aliphatic rings. The number of ether oxygens (including phenoxy) is 1. The van der Waals surface area contributed by atoms with Gasteiger partial charge < -0.3 is 15.5 Å². The van der Waals surface area contributed by atoms with Crippen molar-refractivity contribution in [3.05, 3.63) is 76.7 Å². The third kappa shape index (κ3) is 5.50. The number of esters is 1. The molecule has 2 heterocycles. The molecule has 33 heavy (non-hydrogen) atoms. The van der Waals surface area contributed by atoms with Crippen LogP contribution in [0, 0.1) is 0 Å². The van der Waals surface area contributed by atoms with Crippen LogP contribution in [0.25, 0.3) is 33.4 Å². The first-order chi connectivity index (χ1) is 15.4. The number of aromatic amines is 1. The Bertz CT molecular complexity index is 1320. The Labute approximate surface area is 202 Å². The van der Waals surface area contributed by atoms with E-state index in [4.69, 9.17) is 15.5 Å². The molecular formula is C25H25ClN4O2S. The zero-order chi connectivity index (χ0) is 22.7. The number of hydrogen-bond acceptors (Lipinski definition) is 5. The summed E-state index contributed by atoms with van der Waals surface area (Å²) in [6.45, 7) is 3.98. The van der Waals surface area contributed by atoms with E-state index in [0.29, 0.717) is 11.4 Å². The molecule has 0 bridgehead atoms. The first kappa shape index (κ1) is 24.2. The molecule has 8 heteroatoms. The van der Waals surface area contributed by atoms with Crippen LogP contribution in [0.4, 0.5) is 0 Å². The monoisotopic (exact) mass is 480 g/mol. The van der Waals surface area contributed by atoms with E-state index >= 15 is 0 Å². The standard InChI is InChI=1S/C25H24N4O2S.ClH/c1-15(2)27-23(26)17-9-11-20-21(13-17)29-24(28-20)22-12-10-18(32-22)14-19(25(30)31-3)16-7-5-4-6-8-16;/h4-15H,1-3H3,(H2,26,27)(H,28,29);1H/b19-14+;. The molecule has 0 spiro atoms. The van der Waals surface area contributed by atoms with E-state index < -0.39 is 0 Å². The van der Waals surface area contributed by atoms with Crippen molar-refractivity contribution in [2.24, 2.45) is 10.7 Å². The summed E-state index contributed by atoms with van der Waals surface area (Å²) in [6, 6.07) is 19.4. The molecule has 4 aromatic rings. The van der Waals surface area contributed by atoms with Crippen LogP contribution in [0.1, 0.15) is 29.9 Å². The summed E-state index contributed by atoms with van der Waals surface area (Å²) in [6.07, 6.45) is 1.85. The number of carbonyl (C=O) groups is 1. The normalized spacial score (nSPS) is 12.1. The van der Waals surface area contributed by atoms with E-state index in [0.717, 1.165) is 37.7 Å². The second-order valence-corrected chi connectivity index (χ2v) is 8.66. The van der Waals surface area contributed by atoms with Gasteiger partial charge in [0.1, 0.15) is 11.7 Å². The number of rotatable bonds is 6. The van der Waals surface area contributed by atoms with Gasteiger partial charge in [0.25, 0.3) is 0 Å². The van der Waals surface area contributed by atoms with Gasteiger partial charge in [0, 0.05) is 16.5 Å². The Morgan fingerprint density at radius 1 is 1.12 bits per heavy atom. The topological polar surface area (TPSA) is 93.4 Å². The SMILES string of the molecule is COC(=O)/C(=C/c1ccc(-c2nc3ccc(C(N)=NC(C)C)cc3[nH]2)s1)c1ccccc1.Cl. The lowest BCUT2D eigenvalue weighted by molar-refractivity contribution is -0.133. The van der Waals surface area contributed by atoms with Gasteiger partial charge in [-0.1, -0.05) is 30.3 Å². The van der Waals surface area contributed by atoms with Crippen molar-refractivity contribution in [2.45, 2.75) is 19.9 Å². The average Bonchev–Trinajstić information content (AvgIpc) is 3.43. The van der Waals surface area contributed by atoms with Gasteiger partial charge in [-0.25, -0.2) is 9.78 Å². The molecule has 6 nitrogen and oxygen atoms in total. The van der Waals surface area contributed by atoms with Crippen LogP contribution in [0.3, 0.4) is 0 Å². The summed E-state index contributed by atoms with van der Waals surface area (Å²) in [5.74, 6) is 0.904. The van der Waals surface area contributed by atoms with Gasteiger partial charge in [0.2, 0.25) is 0 Å². The number of halogens is 1. The van der Waals surface area contributed by atoms with Crippen LogP contribution in [-0.2, 0) is 9.53 Å². The van der Waals surface area contributed by atoms with Crippen molar-refractivity contribution in [1.82, 2.24) is 9.97 Å². The summed E-state index contributed by atoms with van der Waals surface area (Å²) in [7, 11) is 1.39. The van der Waals surface area contributed by atoms with E-state index in [1.54, 1.807) is 11.3 Å². The summed E-state index contributed by atoms with van der Waals surface area (Å²) in [4.78, 5) is 26.7. The van der Waals surface area contributed by atoms with Crippen LogP contribution in [0.15, 0.2) is 65.7 Å². The average molecular weight is 481 g/mol. The minimum atomic E-state index is -0.372. The smallest absolute Gasteiger partial charge is 0.338 e. The zero-order valence-corrected chi connectivity index (χ0v) is 20.2. The third-order valence-corrected chi connectivity index (χ3v) is 5.85. The van der Waals surface area contributed by atoms with Gasteiger partial charge in [0.05, 0.1) is 28.6 Å². The van der Waals surface area contributed by atoms with Crippen molar-refractivity contribution < 1.29 is 9.53 Å². The summed E-state index contributed by atoms with van der Waals surface area (Å²) in [5, 5.41) is 0. The molecule has 0 radical (unpaired) electrons. The maximum absolute atomic E-state index is 12.3. The molecule has 2 aromatic carbocycles. The van der Waals surface area contributed by atoms with Crippen molar-refractivity contribution in [1.29, 1.82) is 0 Å². The van der Waals surface area contributed by atoms with Crippen molar-refractivity contribution in [3.63, 3.8) is 0 Å². The first-order valence-electron chi connectivity index (χ1n) is 10.2. The van der Waals surface area contributed by atoms with E-state index in [1.165, 1.54) is 7.11 Å². The molecule has 0 aliphatic heterocycles. The number of methoxy groups -OCH3 is 1. The third-order valence-electron chi connectivity index (χ3n) is 4.81. The molecule has 4 rings (SSSR count). The number of aliphatic imine (C=N–C) groups is 1. The Kier molecular flexibility index (Phi) is 7.68. The molecule has 0 fully saturated rings. The zero-order valence-electron chi connectivity index (χ0n) is 18.5. The van der Waals surface area contributed by atoms with Gasteiger partial charge in [-0.3, -0.25) is 4.99 Å². The molecule has 0 aliphatic carbocycles. The van der Waals surface area contributed by atoms with Gasteiger partial charge in [0.15, 0.2) is 0 Å². The van der Waals surface area contributed by atoms with Crippen molar-refractivity contribution in [3.8, 4) is 10.7 Å². The molecular weight excluding hydrogens is 456 g/mol.